The number of unbranched alkanes of at least 4 members (excludes halogenated alkanes) is 1. The van der Waals surface area contributed by atoms with Gasteiger partial charge in [0.05, 0.1) is 5.56 Å². The van der Waals surface area contributed by atoms with Crippen LogP contribution in [0.15, 0.2) is 24.3 Å². The van der Waals surface area contributed by atoms with Crippen LogP contribution in [0, 0.1) is 0 Å². The number of halogens is 3. The van der Waals surface area contributed by atoms with Crippen molar-refractivity contribution < 1.29 is 13.2 Å². The molecule has 0 aliphatic carbocycles. The highest BCUT2D eigenvalue weighted by molar-refractivity contribution is 5.32. The number of hydrogen-bond donors (Lipinski definition) is 1. The van der Waals surface area contributed by atoms with Gasteiger partial charge in [-0.3, -0.25) is 4.90 Å². The van der Waals surface area contributed by atoms with Gasteiger partial charge in [0.1, 0.15) is 0 Å². The Labute approximate surface area is 124 Å². The Hall–Kier alpha value is -1.07. The van der Waals surface area contributed by atoms with E-state index in [9.17, 15) is 13.2 Å². The van der Waals surface area contributed by atoms with Crippen LogP contribution in [-0.4, -0.2) is 31.1 Å². The molecule has 1 fully saturated rings. The molecule has 118 valence electrons. The maximum absolute atomic E-state index is 13.3. The molecule has 2 nitrogen and oxygen atoms in total. The monoisotopic (exact) mass is 300 g/mol. The van der Waals surface area contributed by atoms with Crippen molar-refractivity contribution >= 4 is 0 Å². The largest absolute Gasteiger partial charge is 0.416 e. The van der Waals surface area contributed by atoms with E-state index in [2.05, 4.69) is 17.1 Å². The lowest BCUT2D eigenvalue weighted by atomic mass is 9.94. The smallest absolute Gasteiger partial charge is 0.314 e. The average Bonchev–Trinajstić information content (AvgIpc) is 2.48. The van der Waals surface area contributed by atoms with Crippen LogP contribution in [0.5, 0.6) is 0 Å². The number of alkyl halides is 3. The molecule has 5 heteroatoms. The average molecular weight is 300 g/mol. The summed E-state index contributed by atoms with van der Waals surface area (Å²) in [6, 6.07) is 5.90. The summed E-state index contributed by atoms with van der Waals surface area (Å²) in [5.74, 6) is 0. The normalized spacial score (nSPS) is 18.7. The van der Waals surface area contributed by atoms with Gasteiger partial charge in [-0.1, -0.05) is 38.0 Å². The van der Waals surface area contributed by atoms with Gasteiger partial charge in [-0.05, 0) is 18.1 Å². The van der Waals surface area contributed by atoms with Crippen molar-refractivity contribution in [3.05, 3.63) is 35.4 Å². The molecule has 1 aromatic carbocycles. The van der Waals surface area contributed by atoms with Gasteiger partial charge >= 0.3 is 6.18 Å². The molecule has 1 aliphatic rings. The van der Waals surface area contributed by atoms with E-state index in [4.69, 9.17) is 0 Å². The third kappa shape index (κ3) is 4.20. The van der Waals surface area contributed by atoms with Gasteiger partial charge in [0.15, 0.2) is 0 Å². The van der Waals surface area contributed by atoms with Crippen LogP contribution in [0.2, 0.25) is 0 Å². The Kier molecular flexibility index (Phi) is 5.65. The lowest BCUT2D eigenvalue weighted by molar-refractivity contribution is -0.138. The summed E-state index contributed by atoms with van der Waals surface area (Å²) < 4.78 is 39.8. The van der Waals surface area contributed by atoms with Crippen molar-refractivity contribution in [2.75, 3.05) is 26.2 Å². The van der Waals surface area contributed by atoms with Gasteiger partial charge in [-0.2, -0.15) is 13.2 Å². The molecule has 21 heavy (non-hydrogen) atoms. The lowest BCUT2D eigenvalue weighted by Crippen LogP contribution is -2.45. The second-order valence-corrected chi connectivity index (χ2v) is 5.53. The number of nitrogens with one attached hydrogen (secondary N) is 1. The minimum absolute atomic E-state index is 0.134. The zero-order chi connectivity index (χ0) is 15.3. The maximum atomic E-state index is 13.3. The molecule has 1 aliphatic heterocycles. The van der Waals surface area contributed by atoms with E-state index < -0.39 is 11.7 Å². The quantitative estimate of drug-likeness (QED) is 0.889. The lowest BCUT2D eigenvalue weighted by Gasteiger charge is -2.36. The van der Waals surface area contributed by atoms with Crippen molar-refractivity contribution in [2.45, 2.75) is 38.4 Å². The summed E-state index contributed by atoms with van der Waals surface area (Å²) in [6.45, 7) is 5.37. The molecule has 1 atom stereocenters. The molecule has 1 saturated heterocycles. The second-order valence-electron chi connectivity index (χ2n) is 5.53. The first kappa shape index (κ1) is 16.3. The predicted molar refractivity (Wildman–Crippen MR) is 78.2 cm³/mol. The standard InChI is InChI=1S/C16H23F3N2/c1-2-3-8-15(21-11-9-20-10-12-21)13-6-4-5-7-14(13)16(17,18)19/h4-7,15,20H,2-3,8-12H2,1H3. The van der Waals surface area contributed by atoms with Gasteiger partial charge in [0.25, 0.3) is 0 Å². The first-order chi connectivity index (χ1) is 10.0. The summed E-state index contributed by atoms with van der Waals surface area (Å²) in [5, 5.41) is 3.26. The number of piperazine rings is 1. The molecular formula is C16H23F3N2. The summed E-state index contributed by atoms with van der Waals surface area (Å²) in [5.41, 5.74) is -0.0509. The van der Waals surface area contributed by atoms with E-state index in [0.717, 1.165) is 45.4 Å². The van der Waals surface area contributed by atoms with E-state index in [1.807, 2.05) is 0 Å². The second kappa shape index (κ2) is 7.27. The predicted octanol–water partition coefficient (Wildman–Crippen LogP) is 3.84. The molecule has 1 heterocycles. The van der Waals surface area contributed by atoms with Crippen molar-refractivity contribution in [2.24, 2.45) is 0 Å². The molecule has 1 unspecified atom stereocenters. The molecule has 0 spiro atoms. The highest BCUT2D eigenvalue weighted by Crippen LogP contribution is 2.38. The van der Waals surface area contributed by atoms with E-state index in [1.165, 1.54) is 12.1 Å². The van der Waals surface area contributed by atoms with Crippen molar-refractivity contribution in [1.29, 1.82) is 0 Å². The Morgan fingerprint density at radius 3 is 2.48 bits per heavy atom. The van der Waals surface area contributed by atoms with E-state index in [0.29, 0.717) is 5.56 Å². The minimum Gasteiger partial charge on any atom is -0.314 e. The SMILES string of the molecule is CCCCC(c1ccccc1C(F)(F)F)N1CCNCC1. The number of rotatable bonds is 5. The molecule has 0 amide bonds. The zero-order valence-corrected chi connectivity index (χ0v) is 12.4. The number of nitrogens with zero attached hydrogens (tertiary/aromatic N) is 1. The summed E-state index contributed by atoms with van der Waals surface area (Å²) in [4.78, 5) is 2.19. The number of hydrogen-bond acceptors (Lipinski definition) is 2. The molecule has 0 radical (unpaired) electrons. The summed E-state index contributed by atoms with van der Waals surface area (Å²) in [6.07, 6.45) is -1.56. The van der Waals surface area contributed by atoms with Crippen LogP contribution in [0.3, 0.4) is 0 Å². The highest BCUT2D eigenvalue weighted by atomic mass is 19.4. The fourth-order valence-corrected chi connectivity index (χ4v) is 2.97. The third-order valence-electron chi connectivity index (χ3n) is 4.05. The van der Waals surface area contributed by atoms with Crippen molar-refractivity contribution in [1.82, 2.24) is 10.2 Å². The Morgan fingerprint density at radius 1 is 1.19 bits per heavy atom. The van der Waals surface area contributed by atoms with Gasteiger partial charge in [-0.25, -0.2) is 0 Å². The topological polar surface area (TPSA) is 15.3 Å². The van der Waals surface area contributed by atoms with Crippen LogP contribution >= 0.6 is 0 Å². The van der Waals surface area contributed by atoms with E-state index >= 15 is 0 Å². The van der Waals surface area contributed by atoms with Crippen LogP contribution in [0.4, 0.5) is 13.2 Å². The van der Waals surface area contributed by atoms with Crippen LogP contribution in [0.1, 0.15) is 43.4 Å². The van der Waals surface area contributed by atoms with Crippen LogP contribution < -0.4 is 5.32 Å². The molecule has 1 aromatic rings. The molecule has 0 bridgehead atoms. The Morgan fingerprint density at radius 2 is 1.86 bits per heavy atom. The minimum atomic E-state index is -4.28. The van der Waals surface area contributed by atoms with E-state index in [-0.39, 0.29) is 6.04 Å². The molecule has 1 N–H and O–H groups in total. The summed E-state index contributed by atoms with van der Waals surface area (Å²) in [7, 11) is 0. The summed E-state index contributed by atoms with van der Waals surface area (Å²) >= 11 is 0. The first-order valence-corrected chi connectivity index (χ1v) is 7.65. The highest BCUT2D eigenvalue weighted by Gasteiger charge is 2.36. The molecular weight excluding hydrogens is 277 g/mol. The van der Waals surface area contributed by atoms with Crippen molar-refractivity contribution in [3.63, 3.8) is 0 Å². The molecule has 2 rings (SSSR count). The fourth-order valence-electron chi connectivity index (χ4n) is 2.97. The molecule has 0 aromatic heterocycles. The van der Waals surface area contributed by atoms with Crippen molar-refractivity contribution in [3.8, 4) is 0 Å². The Balaban J connectivity index is 2.31. The van der Waals surface area contributed by atoms with Gasteiger partial charge < -0.3 is 5.32 Å². The van der Waals surface area contributed by atoms with Gasteiger partial charge in [0, 0.05) is 32.2 Å². The van der Waals surface area contributed by atoms with Gasteiger partial charge in [-0.15, -0.1) is 0 Å². The first-order valence-electron chi connectivity index (χ1n) is 7.65. The fraction of sp³-hybridized carbons (Fsp3) is 0.625. The van der Waals surface area contributed by atoms with Gasteiger partial charge in [0.2, 0.25) is 0 Å². The molecule has 0 saturated carbocycles. The maximum Gasteiger partial charge on any atom is 0.416 e. The zero-order valence-electron chi connectivity index (χ0n) is 12.4. The number of benzene rings is 1. The van der Waals surface area contributed by atoms with Crippen LogP contribution in [-0.2, 0) is 6.18 Å². The Bertz CT molecular complexity index is 439. The van der Waals surface area contributed by atoms with E-state index in [1.54, 1.807) is 12.1 Å². The van der Waals surface area contributed by atoms with Crippen LogP contribution in [0.25, 0.3) is 0 Å². The third-order valence-corrected chi connectivity index (χ3v) is 4.05.